The number of aliphatic hydroxyl groups is 1. The molecule has 0 unspecified atom stereocenters. The molecule has 1 aromatic rings. The zero-order valence-corrected chi connectivity index (χ0v) is 13.8. The van der Waals surface area contributed by atoms with Crippen LogP contribution >= 0.6 is 0 Å². The average Bonchev–Trinajstić information content (AvgIpc) is 2.71. The van der Waals surface area contributed by atoms with E-state index in [0.717, 1.165) is 6.42 Å². The molecule has 0 aliphatic heterocycles. The molecule has 0 bridgehead atoms. The Balaban J connectivity index is 2.88. The standard InChI is InChI=1S/C14H26N2O3S/c1-11(2)16-9-13(8-12(16)10-17)20(18,19)15-7-6-14(3,4)5/h8-9,11,15,17H,6-7,10H2,1-5H3. The third-order valence-electron chi connectivity index (χ3n) is 3.10. The topological polar surface area (TPSA) is 71.3 Å². The first-order valence-electron chi connectivity index (χ1n) is 6.88. The molecule has 2 N–H and O–H groups in total. The predicted molar refractivity (Wildman–Crippen MR) is 80.0 cm³/mol. The number of nitrogens with one attached hydrogen (secondary N) is 1. The van der Waals surface area contributed by atoms with E-state index in [1.807, 2.05) is 13.8 Å². The minimum Gasteiger partial charge on any atom is -0.390 e. The van der Waals surface area contributed by atoms with Gasteiger partial charge in [-0.05, 0) is 31.7 Å². The summed E-state index contributed by atoms with van der Waals surface area (Å²) in [5.41, 5.74) is 0.694. The number of nitrogens with zero attached hydrogens (tertiary/aromatic N) is 1. The van der Waals surface area contributed by atoms with E-state index in [9.17, 15) is 13.5 Å². The number of sulfonamides is 1. The molecule has 0 spiro atoms. The van der Waals surface area contributed by atoms with Crippen LogP contribution in [0, 0.1) is 5.41 Å². The zero-order chi connectivity index (χ0) is 15.6. The average molecular weight is 302 g/mol. The van der Waals surface area contributed by atoms with Crippen molar-refractivity contribution in [3.63, 3.8) is 0 Å². The number of hydrogen-bond acceptors (Lipinski definition) is 3. The first-order valence-corrected chi connectivity index (χ1v) is 8.36. The van der Waals surface area contributed by atoms with Crippen LogP contribution in [0.4, 0.5) is 0 Å². The molecule has 20 heavy (non-hydrogen) atoms. The van der Waals surface area contributed by atoms with Crippen molar-refractivity contribution in [2.24, 2.45) is 5.41 Å². The Morgan fingerprint density at radius 2 is 1.95 bits per heavy atom. The number of aromatic nitrogens is 1. The van der Waals surface area contributed by atoms with Gasteiger partial charge in [-0.1, -0.05) is 20.8 Å². The molecule has 0 saturated carbocycles. The van der Waals surface area contributed by atoms with Gasteiger partial charge in [-0.2, -0.15) is 0 Å². The largest absolute Gasteiger partial charge is 0.390 e. The van der Waals surface area contributed by atoms with Crippen LogP contribution in [-0.2, 0) is 16.6 Å². The van der Waals surface area contributed by atoms with Crippen LogP contribution in [0.15, 0.2) is 17.2 Å². The number of hydrogen-bond donors (Lipinski definition) is 2. The van der Waals surface area contributed by atoms with Crippen LogP contribution in [0.3, 0.4) is 0 Å². The first kappa shape index (κ1) is 17.2. The van der Waals surface area contributed by atoms with Crippen LogP contribution in [-0.4, -0.2) is 24.6 Å². The summed E-state index contributed by atoms with van der Waals surface area (Å²) < 4.78 is 28.8. The summed E-state index contributed by atoms with van der Waals surface area (Å²) in [6, 6.07) is 1.63. The Morgan fingerprint density at radius 3 is 2.35 bits per heavy atom. The lowest BCUT2D eigenvalue weighted by Crippen LogP contribution is -2.27. The maximum absolute atomic E-state index is 12.2. The van der Waals surface area contributed by atoms with E-state index in [2.05, 4.69) is 25.5 Å². The molecule has 0 atom stereocenters. The van der Waals surface area contributed by atoms with Crippen molar-refractivity contribution in [1.29, 1.82) is 0 Å². The molecule has 0 fully saturated rings. The Morgan fingerprint density at radius 1 is 1.35 bits per heavy atom. The Hall–Kier alpha value is -0.850. The van der Waals surface area contributed by atoms with E-state index in [-0.39, 0.29) is 23.0 Å². The third-order valence-corrected chi connectivity index (χ3v) is 4.53. The SMILES string of the molecule is CC(C)n1cc(S(=O)(=O)NCCC(C)(C)C)cc1CO. The van der Waals surface area contributed by atoms with Crippen molar-refractivity contribution in [3.8, 4) is 0 Å². The van der Waals surface area contributed by atoms with Crippen LogP contribution in [0.2, 0.25) is 0 Å². The molecule has 116 valence electrons. The predicted octanol–water partition coefficient (Wildman–Crippen LogP) is 2.28. The highest BCUT2D eigenvalue weighted by molar-refractivity contribution is 7.89. The maximum Gasteiger partial charge on any atom is 0.242 e. The van der Waals surface area contributed by atoms with Crippen molar-refractivity contribution < 1.29 is 13.5 Å². The second-order valence-electron chi connectivity index (χ2n) is 6.53. The van der Waals surface area contributed by atoms with Crippen molar-refractivity contribution >= 4 is 10.0 Å². The van der Waals surface area contributed by atoms with Crippen LogP contribution in [0.5, 0.6) is 0 Å². The lowest BCUT2D eigenvalue weighted by atomic mass is 9.93. The fourth-order valence-electron chi connectivity index (χ4n) is 1.89. The van der Waals surface area contributed by atoms with E-state index >= 15 is 0 Å². The molecule has 0 aromatic carbocycles. The molecule has 1 aromatic heterocycles. The molecule has 0 saturated heterocycles. The van der Waals surface area contributed by atoms with E-state index in [1.165, 1.54) is 6.07 Å². The van der Waals surface area contributed by atoms with Crippen LogP contribution in [0.25, 0.3) is 0 Å². The van der Waals surface area contributed by atoms with Gasteiger partial charge in [0.25, 0.3) is 0 Å². The van der Waals surface area contributed by atoms with Gasteiger partial charge in [-0.25, -0.2) is 13.1 Å². The Bertz CT molecular complexity index is 539. The van der Waals surface area contributed by atoms with Crippen LogP contribution < -0.4 is 4.72 Å². The quantitative estimate of drug-likeness (QED) is 0.847. The molecule has 0 aliphatic carbocycles. The zero-order valence-electron chi connectivity index (χ0n) is 13.0. The highest BCUT2D eigenvalue weighted by atomic mass is 32.2. The normalized spacial score (nSPS) is 13.2. The highest BCUT2D eigenvalue weighted by Crippen LogP contribution is 2.20. The first-order chi connectivity index (χ1) is 9.07. The molecule has 5 nitrogen and oxygen atoms in total. The fraction of sp³-hybridized carbons (Fsp3) is 0.714. The molecule has 1 heterocycles. The minimum absolute atomic E-state index is 0.0860. The molecular weight excluding hydrogens is 276 g/mol. The Kier molecular flexibility index (Phi) is 5.40. The van der Waals surface area contributed by atoms with Crippen molar-refractivity contribution in [2.75, 3.05) is 6.54 Å². The van der Waals surface area contributed by atoms with Crippen LogP contribution in [0.1, 0.15) is 52.8 Å². The lowest BCUT2D eigenvalue weighted by molar-refractivity contribution is 0.268. The number of aliphatic hydroxyl groups excluding tert-OH is 1. The third kappa shape index (κ3) is 4.61. The summed E-state index contributed by atoms with van der Waals surface area (Å²) in [4.78, 5) is 0.212. The monoisotopic (exact) mass is 302 g/mol. The van der Waals surface area contributed by atoms with Crippen molar-refractivity contribution in [1.82, 2.24) is 9.29 Å². The van der Waals surface area contributed by atoms with E-state index in [1.54, 1.807) is 10.8 Å². The molecule has 1 rings (SSSR count). The summed E-state index contributed by atoms with van der Waals surface area (Å²) in [5.74, 6) is 0. The van der Waals surface area contributed by atoms with E-state index in [4.69, 9.17) is 0 Å². The van der Waals surface area contributed by atoms with Gasteiger partial charge in [-0.15, -0.1) is 0 Å². The lowest BCUT2D eigenvalue weighted by Gasteiger charge is -2.17. The molecule has 0 radical (unpaired) electrons. The second-order valence-corrected chi connectivity index (χ2v) is 8.30. The van der Waals surface area contributed by atoms with Gasteiger partial charge in [0.05, 0.1) is 11.5 Å². The number of rotatable bonds is 6. The van der Waals surface area contributed by atoms with Gasteiger partial charge in [-0.3, -0.25) is 0 Å². The summed E-state index contributed by atoms with van der Waals surface area (Å²) in [5, 5.41) is 9.29. The van der Waals surface area contributed by atoms with Gasteiger partial charge in [0.2, 0.25) is 10.0 Å². The molecule has 0 amide bonds. The van der Waals surface area contributed by atoms with Gasteiger partial charge >= 0.3 is 0 Å². The van der Waals surface area contributed by atoms with E-state index in [0.29, 0.717) is 12.2 Å². The van der Waals surface area contributed by atoms with Gasteiger partial charge in [0.1, 0.15) is 0 Å². The molecule has 0 aliphatic rings. The van der Waals surface area contributed by atoms with E-state index < -0.39 is 10.0 Å². The van der Waals surface area contributed by atoms with Crippen molar-refractivity contribution in [3.05, 3.63) is 18.0 Å². The molecule has 6 heteroatoms. The highest BCUT2D eigenvalue weighted by Gasteiger charge is 2.20. The minimum atomic E-state index is -3.51. The fourth-order valence-corrected chi connectivity index (χ4v) is 2.98. The van der Waals surface area contributed by atoms with Crippen molar-refractivity contribution in [2.45, 2.75) is 58.6 Å². The summed E-state index contributed by atoms with van der Waals surface area (Å²) in [6.07, 6.45) is 2.35. The summed E-state index contributed by atoms with van der Waals surface area (Å²) in [7, 11) is -3.51. The van der Waals surface area contributed by atoms with Gasteiger partial charge in [0, 0.05) is 24.5 Å². The Labute approximate surface area is 122 Å². The maximum atomic E-state index is 12.2. The van der Waals surface area contributed by atoms with Gasteiger partial charge < -0.3 is 9.67 Å². The van der Waals surface area contributed by atoms with Gasteiger partial charge in [0.15, 0.2) is 0 Å². The molecular formula is C14H26N2O3S. The second kappa shape index (κ2) is 6.28. The summed E-state index contributed by atoms with van der Waals surface area (Å²) in [6.45, 7) is 10.3. The smallest absolute Gasteiger partial charge is 0.242 e. The summed E-state index contributed by atoms with van der Waals surface area (Å²) >= 11 is 0.